The highest BCUT2D eigenvalue weighted by Crippen LogP contribution is 2.22. The van der Waals surface area contributed by atoms with Crippen molar-refractivity contribution in [1.29, 1.82) is 0 Å². The minimum absolute atomic E-state index is 0.226. The summed E-state index contributed by atoms with van der Waals surface area (Å²) in [5.41, 5.74) is 1.72. The van der Waals surface area contributed by atoms with E-state index in [1.165, 1.54) is 17.7 Å². The van der Waals surface area contributed by atoms with Crippen molar-refractivity contribution in [1.82, 2.24) is 19.9 Å². The van der Waals surface area contributed by atoms with Crippen LogP contribution in [0.1, 0.15) is 17.4 Å². The van der Waals surface area contributed by atoms with Crippen molar-refractivity contribution in [3.8, 4) is 11.4 Å². The smallest absolute Gasteiger partial charge is 0.250 e. The summed E-state index contributed by atoms with van der Waals surface area (Å²) in [5.74, 6) is 0.653. The Bertz CT molecular complexity index is 886. The van der Waals surface area contributed by atoms with Crippen molar-refractivity contribution in [3.63, 3.8) is 0 Å². The SMILES string of the molecule is CCc1ccc(S(=O)(=O)NCc2cccc(-c3ncn[nH]3)c2)s1. The van der Waals surface area contributed by atoms with E-state index in [9.17, 15) is 8.42 Å². The topological polar surface area (TPSA) is 87.7 Å². The molecule has 0 unspecified atom stereocenters. The van der Waals surface area contributed by atoms with Gasteiger partial charge in [-0.1, -0.05) is 25.1 Å². The van der Waals surface area contributed by atoms with Gasteiger partial charge in [0.05, 0.1) is 0 Å². The maximum Gasteiger partial charge on any atom is 0.250 e. The third kappa shape index (κ3) is 3.66. The largest absolute Gasteiger partial charge is 0.259 e. The van der Waals surface area contributed by atoms with Crippen LogP contribution in [0.2, 0.25) is 0 Å². The van der Waals surface area contributed by atoms with Crippen LogP contribution in [0.4, 0.5) is 0 Å². The van der Waals surface area contributed by atoms with Crippen LogP contribution in [0.5, 0.6) is 0 Å². The van der Waals surface area contributed by atoms with Crippen molar-refractivity contribution < 1.29 is 8.42 Å². The fourth-order valence-electron chi connectivity index (χ4n) is 2.12. The minimum atomic E-state index is -3.48. The molecular weight excluding hydrogens is 332 g/mol. The van der Waals surface area contributed by atoms with Crippen LogP contribution >= 0.6 is 11.3 Å². The highest BCUT2D eigenvalue weighted by Gasteiger charge is 2.16. The van der Waals surface area contributed by atoms with Gasteiger partial charge in [0.2, 0.25) is 10.0 Å². The van der Waals surface area contributed by atoms with E-state index >= 15 is 0 Å². The van der Waals surface area contributed by atoms with Gasteiger partial charge in [-0.25, -0.2) is 18.1 Å². The Balaban J connectivity index is 1.74. The lowest BCUT2D eigenvalue weighted by molar-refractivity contribution is 0.583. The molecule has 1 aromatic carbocycles. The number of nitrogens with one attached hydrogen (secondary N) is 2. The van der Waals surface area contributed by atoms with Gasteiger partial charge in [-0.15, -0.1) is 11.3 Å². The number of hydrogen-bond acceptors (Lipinski definition) is 5. The number of nitrogens with zero attached hydrogens (tertiary/aromatic N) is 2. The highest BCUT2D eigenvalue weighted by molar-refractivity contribution is 7.91. The zero-order chi connectivity index (χ0) is 16.3. The number of thiophene rings is 1. The Morgan fingerprint density at radius 3 is 2.83 bits per heavy atom. The van der Waals surface area contributed by atoms with Gasteiger partial charge < -0.3 is 0 Å². The number of rotatable bonds is 6. The normalized spacial score (nSPS) is 11.7. The second-order valence-electron chi connectivity index (χ2n) is 4.93. The van der Waals surface area contributed by atoms with Gasteiger partial charge in [-0.3, -0.25) is 5.10 Å². The highest BCUT2D eigenvalue weighted by atomic mass is 32.2. The molecule has 120 valence electrons. The quantitative estimate of drug-likeness (QED) is 0.717. The fraction of sp³-hybridized carbons (Fsp3) is 0.200. The summed E-state index contributed by atoms with van der Waals surface area (Å²) in [4.78, 5) is 5.15. The molecule has 0 atom stereocenters. The molecule has 2 heterocycles. The second-order valence-corrected chi connectivity index (χ2v) is 8.10. The Morgan fingerprint density at radius 2 is 2.13 bits per heavy atom. The molecule has 0 spiro atoms. The fourth-order valence-corrected chi connectivity index (χ4v) is 4.47. The first kappa shape index (κ1) is 15.9. The lowest BCUT2D eigenvalue weighted by atomic mass is 10.1. The van der Waals surface area contributed by atoms with E-state index in [1.54, 1.807) is 6.07 Å². The van der Waals surface area contributed by atoms with Crippen LogP contribution in [0.15, 0.2) is 46.9 Å². The molecule has 0 aliphatic carbocycles. The van der Waals surface area contributed by atoms with Gasteiger partial charge in [0, 0.05) is 17.0 Å². The summed E-state index contributed by atoms with van der Waals surface area (Å²) in [6.07, 6.45) is 2.27. The summed E-state index contributed by atoms with van der Waals surface area (Å²) in [7, 11) is -3.48. The molecule has 0 saturated carbocycles. The Kier molecular flexibility index (Phi) is 4.56. The van der Waals surface area contributed by atoms with E-state index in [2.05, 4.69) is 19.9 Å². The zero-order valence-corrected chi connectivity index (χ0v) is 14.1. The third-order valence-corrected chi connectivity index (χ3v) is 6.45. The lowest BCUT2D eigenvalue weighted by Gasteiger charge is -2.06. The van der Waals surface area contributed by atoms with E-state index < -0.39 is 10.0 Å². The molecule has 23 heavy (non-hydrogen) atoms. The zero-order valence-electron chi connectivity index (χ0n) is 12.5. The van der Waals surface area contributed by atoms with Crippen LogP contribution in [-0.4, -0.2) is 23.6 Å². The predicted molar refractivity (Wildman–Crippen MR) is 89.5 cm³/mol. The van der Waals surface area contributed by atoms with Crippen molar-refractivity contribution in [2.75, 3.05) is 0 Å². The van der Waals surface area contributed by atoms with Gasteiger partial charge in [-0.2, -0.15) is 5.10 Å². The van der Waals surface area contributed by atoms with Gasteiger partial charge in [0.1, 0.15) is 10.5 Å². The molecule has 6 nitrogen and oxygen atoms in total. The van der Waals surface area contributed by atoms with Crippen LogP contribution in [0, 0.1) is 0 Å². The summed E-state index contributed by atoms with van der Waals surface area (Å²) in [6, 6.07) is 11.0. The van der Waals surface area contributed by atoms with E-state index in [0.717, 1.165) is 22.4 Å². The van der Waals surface area contributed by atoms with Crippen molar-refractivity contribution >= 4 is 21.4 Å². The molecule has 0 fully saturated rings. The maximum atomic E-state index is 12.3. The number of aryl methyl sites for hydroxylation is 1. The van der Waals surface area contributed by atoms with Gasteiger partial charge in [0.25, 0.3) is 0 Å². The van der Waals surface area contributed by atoms with Gasteiger partial charge in [0.15, 0.2) is 5.82 Å². The molecule has 0 radical (unpaired) electrons. The lowest BCUT2D eigenvalue weighted by Crippen LogP contribution is -2.22. The second kappa shape index (κ2) is 6.61. The van der Waals surface area contributed by atoms with Crippen LogP contribution in [-0.2, 0) is 23.0 Å². The molecule has 0 saturated heterocycles. The van der Waals surface area contributed by atoms with Crippen molar-refractivity contribution in [2.24, 2.45) is 0 Å². The van der Waals surface area contributed by atoms with Crippen molar-refractivity contribution in [2.45, 2.75) is 24.1 Å². The summed E-state index contributed by atoms with van der Waals surface area (Å²) >= 11 is 1.30. The van der Waals surface area contributed by atoms with E-state index in [0.29, 0.717) is 10.0 Å². The molecule has 0 aliphatic rings. The van der Waals surface area contributed by atoms with Crippen molar-refractivity contribution in [3.05, 3.63) is 53.2 Å². The molecule has 3 aromatic rings. The monoisotopic (exact) mass is 348 g/mol. The number of aromatic amines is 1. The molecule has 2 N–H and O–H groups in total. The van der Waals surface area contributed by atoms with Crippen LogP contribution in [0.25, 0.3) is 11.4 Å². The standard InChI is InChI=1S/C15H16N4O2S2/c1-2-13-6-7-14(22-13)23(20,21)18-9-11-4-3-5-12(8-11)15-16-10-17-19-15/h3-8,10,18H,2,9H2,1H3,(H,16,17,19). The van der Waals surface area contributed by atoms with E-state index in [-0.39, 0.29) is 6.54 Å². The minimum Gasteiger partial charge on any atom is -0.259 e. The van der Waals surface area contributed by atoms with E-state index in [4.69, 9.17) is 0 Å². The number of hydrogen-bond donors (Lipinski definition) is 2. The van der Waals surface area contributed by atoms with Gasteiger partial charge >= 0.3 is 0 Å². The number of sulfonamides is 1. The summed E-state index contributed by atoms with van der Waals surface area (Å²) in [5, 5.41) is 6.61. The average Bonchev–Trinajstić information content (AvgIpc) is 3.24. The molecule has 2 aromatic heterocycles. The molecule has 0 aliphatic heterocycles. The average molecular weight is 348 g/mol. The Morgan fingerprint density at radius 1 is 1.26 bits per heavy atom. The molecule has 8 heteroatoms. The number of H-pyrrole nitrogens is 1. The predicted octanol–water partition coefficient (Wildman–Crippen LogP) is 2.57. The first-order valence-corrected chi connectivity index (χ1v) is 9.41. The van der Waals surface area contributed by atoms with Crippen LogP contribution < -0.4 is 4.72 Å². The molecule has 0 amide bonds. The maximum absolute atomic E-state index is 12.3. The first-order chi connectivity index (χ1) is 11.1. The molecule has 3 rings (SSSR count). The molecular formula is C15H16N4O2S2. The van der Waals surface area contributed by atoms with Crippen LogP contribution in [0.3, 0.4) is 0 Å². The summed E-state index contributed by atoms with van der Waals surface area (Å²) < 4.78 is 27.6. The van der Waals surface area contributed by atoms with Gasteiger partial charge in [-0.05, 0) is 30.2 Å². The molecule has 0 bridgehead atoms. The Hall–Kier alpha value is -2.03. The van der Waals surface area contributed by atoms with E-state index in [1.807, 2.05) is 37.3 Å². The Labute approximate surface area is 138 Å². The third-order valence-electron chi connectivity index (χ3n) is 3.33. The number of aromatic nitrogens is 3. The summed E-state index contributed by atoms with van der Waals surface area (Å²) in [6.45, 7) is 2.23. The number of benzene rings is 1. The first-order valence-electron chi connectivity index (χ1n) is 7.11.